The summed E-state index contributed by atoms with van der Waals surface area (Å²) >= 11 is 5.74. The van der Waals surface area contributed by atoms with Crippen LogP contribution in [0.25, 0.3) is 0 Å². The molecule has 0 saturated carbocycles. The lowest BCUT2D eigenvalue weighted by molar-refractivity contribution is -0.127. The van der Waals surface area contributed by atoms with Gasteiger partial charge in [0.1, 0.15) is 11.8 Å². The van der Waals surface area contributed by atoms with E-state index in [0.717, 1.165) is 6.42 Å². The zero-order valence-electron chi connectivity index (χ0n) is 14.1. The van der Waals surface area contributed by atoms with Crippen molar-refractivity contribution < 1.29 is 23.2 Å². The van der Waals surface area contributed by atoms with Gasteiger partial charge in [0.2, 0.25) is 11.8 Å². The molecular weight excluding hydrogens is 343 g/mol. The summed E-state index contributed by atoms with van der Waals surface area (Å²) in [5, 5.41) is 5.05. The lowest BCUT2D eigenvalue weighted by Crippen LogP contribution is -2.50. The molecule has 0 aliphatic rings. The van der Waals surface area contributed by atoms with Crippen LogP contribution in [0.4, 0.5) is 0 Å². The van der Waals surface area contributed by atoms with Crippen molar-refractivity contribution in [3.8, 4) is 0 Å². The second-order valence-electron chi connectivity index (χ2n) is 4.77. The number of rotatable bonds is 12. The molecule has 0 saturated heterocycles. The number of hydrogen-bond acceptors (Lipinski definition) is 5. The molecule has 0 fully saturated rings. The van der Waals surface area contributed by atoms with Crippen molar-refractivity contribution in [1.82, 2.24) is 10.6 Å². The van der Waals surface area contributed by atoms with E-state index in [1.54, 1.807) is 13.8 Å². The number of unbranched alkanes of at least 4 members (excludes halogenated alkanes) is 1. The van der Waals surface area contributed by atoms with Gasteiger partial charge in [-0.25, -0.2) is 0 Å². The van der Waals surface area contributed by atoms with E-state index < -0.39 is 25.3 Å². The Balaban J connectivity index is 4.72. The molecule has 0 rings (SSSR count). The van der Waals surface area contributed by atoms with E-state index in [4.69, 9.17) is 20.6 Å². The van der Waals surface area contributed by atoms with Crippen LogP contribution >= 0.6 is 19.2 Å². The van der Waals surface area contributed by atoms with Gasteiger partial charge in [0.15, 0.2) is 0 Å². The van der Waals surface area contributed by atoms with Crippen molar-refractivity contribution in [3.63, 3.8) is 0 Å². The van der Waals surface area contributed by atoms with Gasteiger partial charge in [-0.15, -0.1) is 11.6 Å². The summed E-state index contributed by atoms with van der Waals surface area (Å²) in [5.74, 6) is -1.85. The van der Waals surface area contributed by atoms with Crippen LogP contribution in [-0.4, -0.2) is 42.7 Å². The van der Waals surface area contributed by atoms with Crippen molar-refractivity contribution in [1.29, 1.82) is 0 Å². The molecule has 1 radical (unpaired) electrons. The standard InChI is InChI=1S/C14H27ClN2O5P/c1-5-8-9-13(18)17-12(10-15)14(19)16-11(4)23(20,21-6-2)22-7-3/h9,11-12H,5-8,10H2,1-4H3,(H,16,19)(H,17,18)/t11?,12-/m0/s1. The Morgan fingerprint density at radius 1 is 1.17 bits per heavy atom. The number of carbonyl (C=O) groups is 2. The Hall–Kier alpha value is -0.620. The van der Waals surface area contributed by atoms with Crippen LogP contribution in [0, 0.1) is 6.42 Å². The fourth-order valence-corrected chi connectivity index (χ4v) is 3.43. The lowest BCUT2D eigenvalue weighted by atomic mass is 10.2. The summed E-state index contributed by atoms with van der Waals surface area (Å²) in [6.45, 7) is 7.23. The Bertz CT molecular complexity index is 412. The molecule has 0 aliphatic carbocycles. The highest BCUT2D eigenvalue weighted by Gasteiger charge is 2.34. The maximum absolute atomic E-state index is 12.5. The van der Waals surface area contributed by atoms with E-state index in [1.807, 2.05) is 6.92 Å². The third-order valence-corrected chi connectivity index (χ3v) is 5.47. The molecule has 2 amide bonds. The largest absolute Gasteiger partial charge is 0.352 e. The average Bonchev–Trinajstić information content (AvgIpc) is 2.50. The summed E-state index contributed by atoms with van der Waals surface area (Å²) in [4.78, 5) is 23.8. The van der Waals surface area contributed by atoms with Crippen molar-refractivity contribution in [2.24, 2.45) is 0 Å². The molecule has 0 aromatic heterocycles. The number of alkyl halides is 1. The quantitative estimate of drug-likeness (QED) is 0.407. The summed E-state index contributed by atoms with van der Waals surface area (Å²) < 4.78 is 22.9. The third-order valence-electron chi connectivity index (χ3n) is 2.85. The SMILES string of the molecule is CCC[CH]C(=O)N[C@@H](CCl)C(=O)NC(C)P(=O)(OCC)OCC. The van der Waals surface area contributed by atoms with Gasteiger partial charge in [-0.2, -0.15) is 0 Å². The molecule has 0 aliphatic heterocycles. The Morgan fingerprint density at radius 3 is 2.17 bits per heavy atom. The first-order chi connectivity index (χ1) is 10.8. The van der Waals surface area contributed by atoms with Crippen molar-refractivity contribution in [2.75, 3.05) is 19.1 Å². The molecule has 0 spiro atoms. The second kappa shape index (κ2) is 11.8. The molecule has 135 valence electrons. The predicted molar refractivity (Wildman–Crippen MR) is 90.3 cm³/mol. The van der Waals surface area contributed by atoms with Crippen LogP contribution in [0.2, 0.25) is 0 Å². The Kier molecular flexibility index (Phi) is 11.5. The molecule has 2 atom stereocenters. The van der Waals surface area contributed by atoms with Gasteiger partial charge in [-0.05, 0) is 27.2 Å². The minimum Gasteiger partial charge on any atom is -0.343 e. The first-order valence-corrected chi connectivity index (χ1v) is 9.88. The van der Waals surface area contributed by atoms with Crippen LogP contribution in [0.3, 0.4) is 0 Å². The monoisotopic (exact) mass is 369 g/mol. The van der Waals surface area contributed by atoms with E-state index in [9.17, 15) is 14.2 Å². The van der Waals surface area contributed by atoms with Crippen LogP contribution in [0.15, 0.2) is 0 Å². The van der Waals surface area contributed by atoms with Gasteiger partial charge in [0, 0.05) is 6.42 Å². The van der Waals surface area contributed by atoms with Gasteiger partial charge >= 0.3 is 7.60 Å². The zero-order valence-corrected chi connectivity index (χ0v) is 15.8. The Morgan fingerprint density at radius 2 is 1.74 bits per heavy atom. The Labute approximate surface area is 143 Å². The second-order valence-corrected chi connectivity index (χ2v) is 7.45. The lowest BCUT2D eigenvalue weighted by Gasteiger charge is -2.25. The normalized spacial score (nSPS) is 14.1. The minimum absolute atomic E-state index is 0.0994. The highest BCUT2D eigenvalue weighted by Crippen LogP contribution is 2.51. The summed E-state index contributed by atoms with van der Waals surface area (Å²) in [6, 6.07) is -0.920. The average molecular weight is 370 g/mol. The van der Waals surface area contributed by atoms with Crippen LogP contribution in [-0.2, 0) is 23.2 Å². The van der Waals surface area contributed by atoms with Gasteiger partial charge in [0.05, 0.1) is 19.1 Å². The van der Waals surface area contributed by atoms with Crippen molar-refractivity contribution in [2.45, 2.75) is 52.4 Å². The highest BCUT2D eigenvalue weighted by atomic mass is 35.5. The summed E-state index contributed by atoms with van der Waals surface area (Å²) in [6.07, 6.45) is 2.90. The molecular formula is C14H27ClN2O5P. The molecule has 0 heterocycles. The number of carbonyl (C=O) groups excluding carboxylic acids is 2. The fourth-order valence-electron chi connectivity index (χ4n) is 1.69. The van der Waals surface area contributed by atoms with E-state index in [0.29, 0.717) is 6.42 Å². The smallest absolute Gasteiger partial charge is 0.343 e. The van der Waals surface area contributed by atoms with Gasteiger partial charge in [-0.3, -0.25) is 14.2 Å². The molecule has 0 bridgehead atoms. The van der Waals surface area contributed by atoms with Crippen LogP contribution in [0.1, 0.15) is 40.5 Å². The third kappa shape index (κ3) is 8.15. The zero-order chi connectivity index (χ0) is 17.9. The van der Waals surface area contributed by atoms with E-state index in [-0.39, 0.29) is 25.0 Å². The topological polar surface area (TPSA) is 93.7 Å². The fraction of sp³-hybridized carbons (Fsp3) is 0.786. The number of halogens is 1. The van der Waals surface area contributed by atoms with Gasteiger partial charge in [-0.1, -0.05) is 13.3 Å². The molecule has 1 unspecified atom stereocenters. The maximum atomic E-state index is 12.5. The van der Waals surface area contributed by atoms with E-state index in [1.165, 1.54) is 13.3 Å². The van der Waals surface area contributed by atoms with E-state index in [2.05, 4.69) is 10.6 Å². The van der Waals surface area contributed by atoms with Crippen molar-refractivity contribution in [3.05, 3.63) is 6.42 Å². The minimum atomic E-state index is -3.46. The molecule has 2 N–H and O–H groups in total. The first-order valence-electron chi connectivity index (χ1n) is 7.73. The molecule has 7 nitrogen and oxygen atoms in total. The highest BCUT2D eigenvalue weighted by molar-refractivity contribution is 7.54. The number of nitrogens with one attached hydrogen (secondary N) is 2. The number of hydrogen-bond donors (Lipinski definition) is 2. The molecule has 0 aromatic carbocycles. The molecule has 9 heteroatoms. The molecule has 23 heavy (non-hydrogen) atoms. The molecule has 0 aromatic rings. The first kappa shape index (κ1) is 22.4. The van der Waals surface area contributed by atoms with Gasteiger partial charge < -0.3 is 19.7 Å². The summed E-state index contributed by atoms with van der Waals surface area (Å²) in [7, 11) is -3.46. The summed E-state index contributed by atoms with van der Waals surface area (Å²) in [5.41, 5.74) is 0. The van der Waals surface area contributed by atoms with Crippen LogP contribution < -0.4 is 10.6 Å². The van der Waals surface area contributed by atoms with Crippen molar-refractivity contribution >= 4 is 31.0 Å². The van der Waals surface area contributed by atoms with Crippen LogP contribution in [0.5, 0.6) is 0 Å². The number of amides is 2. The van der Waals surface area contributed by atoms with Gasteiger partial charge in [0.25, 0.3) is 0 Å². The van der Waals surface area contributed by atoms with E-state index >= 15 is 0 Å². The predicted octanol–water partition coefficient (Wildman–Crippen LogP) is 2.44. The maximum Gasteiger partial charge on any atom is 0.352 e.